The predicted molar refractivity (Wildman–Crippen MR) is 67.3 cm³/mol. The van der Waals surface area contributed by atoms with E-state index < -0.39 is 0 Å². The maximum absolute atomic E-state index is 6.07. The van der Waals surface area contributed by atoms with E-state index >= 15 is 0 Å². The highest BCUT2D eigenvalue weighted by Crippen LogP contribution is 2.35. The van der Waals surface area contributed by atoms with Gasteiger partial charge in [0.25, 0.3) is 0 Å². The lowest BCUT2D eigenvalue weighted by atomic mass is 10.1. The minimum absolute atomic E-state index is 0.616. The number of aromatic nitrogens is 1. The second kappa shape index (κ2) is 4.68. The van der Waals surface area contributed by atoms with Crippen molar-refractivity contribution < 1.29 is 4.52 Å². The normalized spacial score (nSPS) is 10.6. The predicted octanol–water partition coefficient (Wildman–Crippen LogP) is 4.65. The Labute approximate surface area is 109 Å². The zero-order valence-corrected chi connectivity index (χ0v) is 11.4. The van der Waals surface area contributed by atoms with E-state index in [2.05, 4.69) is 37.0 Å². The van der Waals surface area contributed by atoms with Gasteiger partial charge in [0, 0.05) is 5.56 Å². The largest absolute Gasteiger partial charge is 0.359 e. The quantitative estimate of drug-likeness (QED) is 0.736. The van der Waals surface area contributed by atoms with Gasteiger partial charge in [-0.2, -0.15) is 0 Å². The van der Waals surface area contributed by atoms with Crippen LogP contribution in [0.25, 0.3) is 11.3 Å². The monoisotopic (exact) mass is 349 g/mol. The number of halogens is 3. The molecule has 0 saturated heterocycles. The highest BCUT2D eigenvalue weighted by atomic mass is 79.9. The molecule has 1 heterocycles. The number of benzene rings is 1. The average Bonchev–Trinajstić information content (AvgIpc) is 2.60. The molecule has 0 fully saturated rings. The van der Waals surface area contributed by atoms with Gasteiger partial charge >= 0.3 is 0 Å². The second-order valence-electron chi connectivity index (χ2n) is 2.88. The highest BCUT2D eigenvalue weighted by Gasteiger charge is 2.15. The summed E-state index contributed by atoms with van der Waals surface area (Å²) in [5.41, 5.74) is 1.59. The summed E-state index contributed by atoms with van der Waals surface area (Å²) in [6, 6.07) is 7.52. The zero-order chi connectivity index (χ0) is 10.8. The van der Waals surface area contributed by atoms with Crippen molar-refractivity contribution in [2.24, 2.45) is 0 Å². The molecule has 0 unspecified atom stereocenters. The number of rotatable bonds is 2. The summed E-state index contributed by atoms with van der Waals surface area (Å²) >= 11 is 12.8. The van der Waals surface area contributed by atoms with Crippen LogP contribution in [0.2, 0.25) is 5.02 Å². The van der Waals surface area contributed by atoms with Crippen LogP contribution in [0, 0.1) is 0 Å². The molecule has 2 rings (SSSR count). The maximum Gasteiger partial charge on any atom is 0.162 e. The first kappa shape index (κ1) is 11.2. The topological polar surface area (TPSA) is 26.0 Å². The van der Waals surface area contributed by atoms with Crippen molar-refractivity contribution in [3.63, 3.8) is 0 Å². The van der Waals surface area contributed by atoms with Crippen LogP contribution < -0.4 is 0 Å². The molecule has 0 atom stereocenters. The lowest BCUT2D eigenvalue weighted by Crippen LogP contribution is -1.80. The second-order valence-corrected chi connectivity index (χ2v) is 4.64. The molecule has 0 spiro atoms. The molecule has 15 heavy (non-hydrogen) atoms. The Bertz CT molecular complexity index is 484. The highest BCUT2D eigenvalue weighted by molar-refractivity contribution is 9.11. The summed E-state index contributed by atoms with van der Waals surface area (Å²) in [6.07, 6.45) is 0. The Hall–Kier alpha value is -0.320. The molecule has 0 amide bonds. The lowest BCUT2D eigenvalue weighted by Gasteiger charge is -1.99. The molecule has 0 N–H and O–H groups in total. The molecular formula is C10H6Br2ClNO. The molecule has 0 aliphatic carbocycles. The summed E-state index contributed by atoms with van der Waals surface area (Å²) in [5.74, 6) is 0.755. The van der Waals surface area contributed by atoms with Crippen LogP contribution in [-0.2, 0) is 5.33 Å². The standard InChI is InChI=1S/C10H6Br2ClNO/c11-5-8-9(12)10(14-15-8)6-3-1-2-4-7(6)13/h1-4H,5H2. The number of alkyl halides is 1. The molecule has 5 heteroatoms. The van der Waals surface area contributed by atoms with Gasteiger partial charge in [-0.3, -0.25) is 0 Å². The van der Waals surface area contributed by atoms with Crippen LogP contribution >= 0.6 is 43.5 Å². The van der Waals surface area contributed by atoms with Gasteiger partial charge in [-0.15, -0.1) is 0 Å². The Morgan fingerprint density at radius 2 is 2.07 bits per heavy atom. The van der Waals surface area contributed by atoms with Gasteiger partial charge in [-0.1, -0.05) is 50.9 Å². The Morgan fingerprint density at radius 1 is 1.33 bits per heavy atom. The van der Waals surface area contributed by atoms with Crippen molar-refractivity contribution in [3.8, 4) is 11.3 Å². The molecule has 0 bridgehead atoms. The van der Waals surface area contributed by atoms with Gasteiger partial charge in [0.2, 0.25) is 0 Å². The fourth-order valence-electron chi connectivity index (χ4n) is 1.22. The first-order chi connectivity index (χ1) is 7.24. The van der Waals surface area contributed by atoms with Crippen LogP contribution in [0.3, 0.4) is 0 Å². The van der Waals surface area contributed by atoms with Crippen LogP contribution in [0.1, 0.15) is 5.76 Å². The third-order valence-corrected chi connectivity index (χ3v) is 3.61. The van der Waals surface area contributed by atoms with E-state index in [4.69, 9.17) is 16.1 Å². The van der Waals surface area contributed by atoms with Crippen molar-refractivity contribution in [3.05, 3.63) is 39.5 Å². The van der Waals surface area contributed by atoms with Gasteiger partial charge in [-0.05, 0) is 22.0 Å². The van der Waals surface area contributed by atoms with Crippen LogP contribution in [0.5, 0.6) is 0 Å². The molecule has 0 aliphatic rings. The first-order valence-corrected chi connectivity index (χ1v) is 6.48. The Morgan fingerprint density at radius 3 is 2.67 bits per heavy atom. The van der Waals surface area contributed by atoms with Crippen molar-refractivity contribution in [1.29, 1.82) is 0 Å². The summed E-state index contributed by atoms with van der Waals surface area (Å²) in [5, 5.41) is 5.26. The van der Waals surface area contributed by atoms with Gasteiger partial charge in [-0.25, -0.2) is 0 Å². The van der Waals surface area contributed by atoms with Crippen molar-refractivity contribution in [1.82, 2.24) is 5.16 Å². The third-order valence-electron chi connectivity index (χ3n) is 1.95. The zero-order valence-electron chi connectivity index (χ0n) is 7.51. The van der Waals surface area contributed by atoms with Gasteiger partial charge in [0.15, 0.2) is 5.76 Å². The van der Waals surface area contributed by atoms with Gasteiger partial charge < -0.3 is 4.52 Å². The molecule has 2 aromatic rings. The van der Waals surface area contributed by atoms with E-state index in [9.17, 15) is 0 Å². The van der Waals surface area contributed by atoms with E-state index in [1.54, 1.807) is 0 Å². The summed E-state index contributed by atoms with van der Waals surface area (Å²) in [7, 11) is 0. The fraction of sp³-hybridized carbons (Fsp3) is 0.100. The summed E-state index contributed by atoms with van der Waals surface area (Å²) < 4.78 is 5.99. The molecular weight excluding hydrogens is 345 g/mol. The molecule has 1 aromatic carbocycles. The van der Waals surface area contributed by atoms with Crippen molar-refractivity contribution in [2.75, 3.05) is 0 Å². The van der Waals surface area contributed by atoms with Crippen molar-refractivity contribution in [2.45, 2.75) is 5.33 Å². The Balaban J connectivity index is 2.55. The first-order valence-electron chi connectivity index (χ1n) is 4.19. The molecule has 2 nitrogen and oxygen atoms in total. The number of hydrogen-bond acceptors (Lipinski definition) is 2. The summed E-state index contributed by atoms with van der Waals surface area (Å²) in [4.78, 5) is 0. The van der Waals surface area contributed by atoms with Crippen LogP contribution in [0.15, 0.2) is 33.3 Å². The SMILES string of the molecule is Clc1ccccc1-c1noc(CBr)c1Br. The van der Waals surface area contributed by atoms with E-state index in [-0.39, 0.29) is 0 Å². The minimum Gasteiger partial charge on any atom is -0.359 e. The molecule has 1 aromatic heterocycles. The van der Waals surface area contributed by atoms with Gasteiger partial charge in [0.1, 0.15) is 5.69 Å². The van der Waals surface area contributed by atoms with Crippen molar-refractivity contribution >= 4 is 43.5 Å². The average molecular weight is 351 g/mol. The van der Waals surface area contributed by atoms with Gasteiger partial charge in [0.05, 0.1) is 14.8 Å². The summed E-state index contributed by atoms with van der Waals surface area (Å²) in [6.45, 7) is 0. The van der Waals surface area contributed by atoms with E-state index in [1.165, 1.54) is 0 Å². The molecule has 0 aliphatic heterocycles. The Kier molecular flexibility index (Phi) is 3.49. The number of nitrogens with zero attached hydrogens (tertiary/aromatic N) is 1. The molecule has 0 saturated carbocycles. The minimum atomic E-state index is 0.616. The fourth-order valence-corrected chi connectivity index (χ4v) is 2.70. The van der Waals surface area contributed by atoms with E-state index in [0.29, 0.717) is 10.4 Å². The maximum atomic E-state index is 6.07. The van der Waals surface area contributed by atoms with E-state index in [1.807, 2.05) is 24.3 Å². The third kappa shape index (κ3) is 2.12. The molecule has 0 radical (unpaired) electrons. The lowest BCUT2D eigenvalue weighted by molar-refractivity contribution is 0.397. The van der Waals surface area contributed by atoms with Crippen LogP contribution in [0.4, 0.5) is 0 Å². The molecule has 78 valence electrons. The van der Waals surface area contributed by atoms with E-state index in [0.717, 1.165) is 21.5 Å². The van der Waals surface area contributed by atoms with Crippen LogP contribution in [-0.4, -0.2) is 5.16 Å². The number of hydrogen-bond donors (Lipinski definition) is 0. The smallest absolute Gasteiger partial charge is 0.162 e.